The van der Waals surface area contributed by atoms with E-state index in [0.29, 0.717) is 5.03 Å². The number of hydrogen-bond acceptors (Lipinski definition) is 5. The monoisotopic (exact) mass is 227 g/mol. The molecule has 0 atom stereocenters. The average molecular weight is 227 g/mol. The van der Waals surface area contributed by atoms with E-state index in [1.54, 1.807) is 12.1 Å². The molecule has 0 N–H and O–H groups in total. The number of halogens is 1. The molecule has 2 aromatic rings. The van der Waals surface area contributed by atoms with E-state index in [4.69, 9.17) is 0 Å². The number of pyridine rings is 1. The Morgan fingerprint density at radius 2 is 2.21 bits per heavy atom. The Morgan fingerprint density at radius 3 is 2.86 bits per heavy atom. The Labute approximate surface area is 88.4 Å². The van der Waals surface area contributed by atoms with E-state index in [1.807, 2.05) is 6.92 Å². The summed E-state index contributed by atoms with van der Waals surface area (Å²) in [6, 6.07) is 4.68. The highest BCUT2D eigenvalue weighted by Gasteiger charge is 2.04. The third-order valence-corrected chi connectivity index (χ3v) is 3.22. The number of hydrogen-bond donors (Lipinski definition) is 0. The smallest absolute Gasteiger partial charge is 0.213 e. The summed E-state index contributed by atoms with van der Waals surface area (Å²) in [5.41, 5.74) is 0. The maximum Gasteiger partial charge on any atom is 0.213 e. The van der Waals surface area contributed by atoms with Gasteiger partial charge < -0.3 is 0 Å². The second-order valence-corrected chi connectivity index (χ2v) is 4.94. The summed E-state index contributed by atoms with van der Waals surface area (Å²) >= 11 is 2.78. The van der Waals surface area contributed by atoms with Crippen molar-refractivity contribution in [3.63, 3.8) is 0 Å². The Balaban J connectivity index is 2.18. The van der Waals surface area contributed by atoms with Crippen LogP contribution in [0.15, 0.2) is 27.6 Å². The lowest BCUT2D eigenvalue weighted by Crippen LogP contribution is -1.83. The van der Waals surface area contributed by atoms with Gasteiger partial charge >= 0.3 is 0 Å². The molecule has 0 radical (unpaired) electrons. The lowest BCUT2D eigenvalue weighted by atomic mass is 10.5. The molecular weight excluding hydrogens is 221 g/mol. The van der Waals surface area contributed by atoms with Gasteiger partial charge in [-0.25, -0.2) is 4.98 Å². The van der Waals surface area contributed by atoms with Crippen LogP contribution in [0.3, 0.4) is 0 Å². The molecule has 0 unspecified atom stereocenters. The molecular formula is C8H6FN3S2. The Kier molecular flexibility index (Phi) is 2.74. The van der Waals surface area contributed by atoms with Gasteiger partial charge in [-0.2, -0.15) is 4.39 Å². The van der Waals surface area contributed by atoms with Crippen LogP contribution in [0.25, 0.3) is 0 Å². The predicted molar refractivity (Wildman–Crippen MR) is 53.0 cm³/mol. The molecule has 72 valence electrons. The van der Waals surface area contributed by atoms with Crippen molar-refractivity contribution in [3.8, 4) is 0 Å². The van der Waals surface area contributed by atoms with Crippen LogP contribution < -0.4 is 0 Å². The number of rotatable bonds is 2. The summed E-state index contributed by atoms with van der Waals surface area (Å²) in [5.74, 6) is -0.476. The maximum atomic E-state index is 12.7. The van der Waals surface area contributed by atoms with Crippen molar-refractivity contribution in [1.82, 2.24) is 15.2 Å². The molecule has 14 heavy (non-hydrogen) atoms. The van der Waals surface area contributed by atoms with Crippen LogP contribution in [-0.4, -0.2) is 15.2 Å². The fraction of sp³-hybridized carbons (Fsp3) is 0.125. The summed E-state index contributed by atoms with van der Waals surface area (Å²) in [4.78, 5) is 3.71. The Bertz CT molecular complexity index is 444. The minimum atomic E-state index is -0.476. The van der Waals surface area contributed by atoms with Crippen LogP contribution >= 0.6 is 23.1 Å². The van der Waals surface area contributed by atoms with Crippen molar-refractivity contribution in [3.05, 3.63) is 29.2 Å². The highest BCUT2D eigenvalue weighted by Crippen LogP contribution is 2.28. The van der Waals surface area contributed by atoms with E-state index in [-0.39, 0.29) is 0 Å². The lowest BCUT2D eigenvalue weighted by Gasteiger charge is -1.94. The summed E-state index contributed by atoms with van der Waals surface area (Å²) < 4.78 is 13.5. The van der Waals surface area contributed by atoms with Gasteiger partial charge in [0.25, 0.3) is 0 Å². The van der Waals surface area contributed by atoms with E-state index in [0.717, 1.165) is 9.35 Å². The van der Waals surface area contributed by atoms with Gasteiger partial charge in [0.2, 0.25) is 5.95 Å². The summed E-state index contributed by atoms with van der Waals surface area (Å²) in [6.45, 7) is 1.88. The minimum Gasteiger partial charge on any atom is -0.213 e. The SMILES string of the molecule is Cc1nnc(Sc2cccc(F)n2)s1. The highest BCUT2D eigenvalue weighted by molar-refractivity contribution is 8.01. The van der Waals surface area contributed by atoms with Crippen molar-refractivity contribution in [2.75, 3.05) is 0 Å². The molecule has 0 aliphatic rings. The zero-order valence-electron chi connectivity index (χ0n) is 7.27. The molecule has 0 saturated carbocycles. The maximum absolute atomic E-state index is 12.7. The van der Waals surface area contributed by atoms with Crippen molar-refractivity contribution < 1.29 is 4.39 Å². The van der Waals surface area contributed by atoms with Gasteiger partial charge in [-0.05, 0) is 30.8 Å². The molecule has 2 aromatic heterocycles. The number of aryl methyl sites for hydroxylation is 1. The van der Waals surface area contributed by atoms with E-state index < -0.39 is 5.95 Å². The van der Waals surface area contributed by atoms with Gasteiger partial charge in [0.05, 0.1) is 0 Å². The Morgan fingerprint density at radius 1 is 1.36 bits per heavy atom. The van der Waals surface area contributed by atoms with E-state index in [1.165, 1.54) is 29.2 Å². The second-order valence-electron chi connectivity index (χ2n) is 2.49. The standard InChI is InChI=1S/C8H6FN3S2/c1-5-11-12-8(13-5)14-7-4-2-3-6(9)10-7/h2-4H,1H3. The quantitative estimate of drug-likeness (QED) is 0.739. The van der Waals surface area contributed by atoms with Gasteiger partial charge in [0.15, 0.2) is 4.34 Å². The van der Waals surface area contributed by atoms with Gasteiger partial charge in [-0.3, -0.25) is 0 Å². The first kappa shape index (κ1) is 9.54. The van der Waals surface area contributed by atoms with Crippen molar-refractivity contribution >= 4 is 23.1 Å². The highest BCUT2D eigenvalue weighted by atomic mass is 32.2. The first-order valence-electron chi connectivity index (χ1n) is 3.84. The molecule has 2 rings (SSSR count). The lowest BCUT2D eigenvalue weighted by molar-refractivity contribution is 0.572. The average Bonchev–Trinajstić information content (AvgIpc) is 2.51. The molecule has 2 heterocycles. The molecule has 0 aromatic carbocycles. The number of aromatic nitrogens is 3. The Hall–Kier alpha value is -1.01. The van der Waals surface area contributed by atoms with Gasteiger partial charge in [-0.15, -0.1) is 10.2 Å². The minimum absolute atomic E-state index is 0.476. The van der Waals surface area contributed by atoms with Gasteiger partial charge in [-0.1, -0.05) is 17.4 Å². The molecule has 0 aliphatic heterocycles. The van der Waals surface area contributed by atoms with Crippen molar-refractivity contribution in [1.29, 1.82) is 0 Å². The third-order valence-electron chi connectivity index (χ3n) is 1.39. The molecule has 0 saturated heterocycles. The summed E-state index contributed by atoms with van der Waals surface area (Å²) in [6.07, 6.45) is 0. The first-order chi connectivity index (χ1) is 6.74. The van der Waals surface area contributed by atoms with Crippen LogP contribution in [0.2, 0.25) is 0 Å². The molecule has 0 fully saturated rings. The topological polar surface area (TPSA) is 38.7 Å². The normalized spacial score (nSPS) is 10.4. The van der Waals surface area contributed by atoms with E-state index in [9.17, 15) is 4.39 Å². The fourth-order valence-electron chi connectivity index (χ4n) is 0.856. The van der Waals surface area contributed by atoms with Crippen LogP contribution in [0.5, 0.6) is 0 Å². The first-order valence-corrected chi connectivity index (χ1v) is 5.48. The molecule has 0 bridgehead atoms. The second kappa shape index (κ2) is 4.02. The van der Waals surface area contributed by atoms with Gasteiger partial charge in [0.1, 0.15) is 10.0 Å². The molecule has 0 amide bonds. The summed E-state index contributed by atoms with van der Waals surface area (Å²) in [7, 11) is 0. The predicted octanol–water partition coefficient (Wildman–Crippen LogP) is 2.53. The summed E-state index contributed by atoms with van der Waals surface area (Å²) in [5, 5.41) is 9.26. The molecule has 6 heteroatoms. The molecule has 0 aliphatic carbocycles. The van der Waals surface area contributed by atoms with E-state index in [2.05, 4.69) is 15.2 Å². The van der Waals surface area contributed by atoms with Gasteiger partial charge in [0, 0.05) is 0 Å². The largest absolute Gasteiger partial charge is 0.213 e. The van der Waals surface area contributed by atoms with E-state index >= 15 is 0 Å². The zero-order valence-corrected chi connectivity index (χ0v) is 8.90. The fourth-order valence-corrected chi connectivity index (χ4v) is 2.60. The van der Waals surface area contributed by atoms with Crippen LogP contribution in [-0.2, 0) is 0 Å². The molecule has 0 spiro atoms. The van der Waals surface area contributed by atoms with Crippen LogP contribution in [0, 0.1) is 12.9 Å². The number of nitrogens with zero attached hydrogens (tertiary/aromatic N) is 3. The van der Waals surface area contributed by atoms with Crippen LogP contribution in [0.4, 0.5) is 4.39 Å². The zero-order chi connectivity index (χ0) is 9.97. The van der Waals surface area contributed by atoms with Crippen molar-refractivity contribution in [2.45, 2.75) is 16.3 Å². The molecule has 3 nitrogen and oxygen atoms in total. The van der Waals surface area contributed by atoms with Crippen LogP contribution in [0.1, 0.15) is 5.01 Å². The third kappa shape index (κ3) is 2.27. The van der Waals surface area contributed by atoms with Crippen molar-refractivity contribution in [2.24, 2.45) is 0 Å².